The van der Waals surface area contributed by atoms with Crippen LogP contribution in [0.4, 0.5) is 24.5 Å². The van der Waals surface area contributed by atoms with Gasteiger partial charge in [-0.1, -0.05) is 17.2 Å². The molecule has 3 N–H and O–H groups in total. The molecule has 2 aromatic rings. The summed E-state index contributed by atoms with van der Waals surface area (Å²) in [5.74, 6) is -2.94. The van der Waals surface area contributed by atoms with Crippen molar-refractivity contribution >= 4 is 45.8 Å². The van der Waals surface area contributed by atoms with Crippen molar-refractivity contribution in [1.29, 1.82) is 0 Å². The smallest absolute Gasteiger partial charge is 0.475 e. The number of nitrogens with zero attached hydrogens (tertiary/aromatic N) is 3. The Balaban J connectivity index is 0.000000396. The van der Waals surface area contributed by atoms with E-state index in [2.05, 4.69) is 43.3 Å². The first kappa shape index (κ1) is 23.4. The van der Waals surface area contributed by atoms with Crippen LogP contribution in [0.15, 0.2) is 41.5 Å². The molecule has 30 heavy (non-hydrogen) atoms. The van der Waals surface area contributed by atoms with E-state index in [0.29, 0.717) is 11.3 Å². The molecule has 1 amide bonds. The minimum Gasteiger partial charge on any atom is -0.475 e. The summed E-state index contributed by atoms with van der Waals surface area (Å²) in [5, 5.41) is 16.9. The molecule has 0 atom stereocenters. The second-order valence-corrected chi connectivity index (χ2v) is 7.18. The number of rotatable bonds is 3. The molecule has 1 aliphatic rings. The Kier molecular flexibility index (Phi) is 8.03. The van der Waals surface area contributed by atoms with Gasteiger partial charge in [-0.05, 0) is 76.5 Å². The van der Waals surface area contributed by atoms with Crippen molar-refractivity contribution in [3.8, 4) is 0 Å². The molecule has 2 aromatic carbocycles. The molecule has 0 aromatic heterocycles. The molecule has 0 spiro atoms. The number of halogens is 4. The number of carbonyl (C=O) groups is 2. The highest BCUT2D eigenvalue weighted by Gasteiger charge is 2.38. The molecule has 12 heteroatoms. The van der Waals surface area contributed by atoms with Gasteiger partial charge in [0, 0.05) is 32.0 Å². The third kappa shape index (κ3) is 6.61. The predicted octanol–water partition coefficient (Wildman–Crippen LogP) is 4.76. The second-order valence-electron chi connectivity index (χ2n) is 6.02. The monoisotopic (exact) mass is 533 g/mol. The van der Waals surface area contributed by atoms with Crippen molar-refractivity contribution in [2.24, 2.45) is 5.11 Å². The number of fused-ring (bicyclic) bond motifs is 1. The molecule has 0 radical (unpaired) electrons. The number of nitrogens with one attached hydrogen (secondary N) is 2. The summed E-state index contributed by atoms with van der Waals surface area (Å²) >= 11 is 2.32. The number of alkyl halides is 3. The average molecular weight is 533 g/mol. The van der Waals surface area contributed by atoms with Gasteiger partial charge in [0.2, 0.25) is 0 Å². The number of hydrogen-bond donors (Lipinski definition) is 3. The molecule has 8 nitrogen and oxygen atoms in total. The van der Waals surface area contributed by atoms with Gasteiger partial charge >= 0.3 is 12.1 Å². The molecule has 3 rings (SSSR count). The van der Waals surface area contributed by atoms with Crippen molar-refractivity contribution in [2.45, 2.75) is 19.1 Å². The van der Waals surface area contributed by atoms with Crippen LogP contribution < -0.4 is 10.6 Å². The number of carboxylic acids is 1. The third-order valence-electron chi connectivity index (χ3n) is 3.95. The van der Waals surface area contributed by atoms with Gasteiger partial charge in [0.25, 0.3) is 5.91 Å². The topological polar surface area (TPSA) is 127 Å². The summed E-state index contributed by atoms with van der Waals surface area (Å²) in [4.78, 5) is 23.9. The van der Waals surface area contributed by atoms with Crippen molar-refractivity contribution < 1.29 is 27.9 Å². The Morgan fingerprint density at radius 3 is 2.43 bits per heavy atom. The number of anilines is 1. The molecule has 0 saturated carbocycles. The lowest BCUT2D eigenvalue weighted by Gasteiger charge is -2.20. The minimum absolute atomic E-state index is 0.183. The molecule has 0 bridgehead atoms. The number of hydrogen-bond acceptors (Lipinski definition) is 4. The van der Waals surface area contributed by atoms with Gasteiger partial charge in [-0.3, -0.25) is 4.79 Å². The first-order chi connectivity index (χ1) is 14.1. The SMILES string of the molecule is O=C(O)C(F)(F)F.[N-]=[N+]=Nc1ccc(C(=O)Nc2cc(I)c3c(c2)CNCC3)cc1. The van der Waals surface area contributed by atoms with E-state index in [1.165, 1.54) is 14.7 Å². The summed E-state index contributed by atoms with van der Waals surface area (Å²) in [6.07, 6.45) is -4.07. The third-order valence-corrected chi connectivity index (χ3v) is 4.91. The first-order valence-corrected chi connectivity index (χ1v) is 9.48. The highest BCUT2D eigenvalue weighted by molar-refractivity contribution is 14.1. The van der Waals surface area contributed by atoms with E-state index >= 15 is 0 Å². The maximum atomic E-state index is 12.3. The number of amides is 1. The zero-order valence-corrected chi connectivity index (χ0v) is 17.4. The lowest BCUT2D eigenvalue weighted by Crippen LogP contribution is -2.24. The molecule has 158 valence electrons. The Labute approximate surface area is 182 Å². The van der Waals surface area contributed by atoms with Crippen molar-refractivity contribution in [1.82, 2.24) is 5.32 Å². The fourth-order valence-corrected chi connectivity index (χ4v) is 3.53. The van der Waals surface area contributed by atoms with Crippen LogP contribution in [0.5, 0.6) is 0 Å². The van der Waals surface area contributed by atoms with Gasteiger partial charge < -0.3 is 15.7 Å². The normalized spacial score (nSPS) is 12.5. The van der Waals surface area contributed by atoms with E-state index in [1.54, 1.807) is 24.3 Å². The zero-order valence-electron chi connectivity index (χ0n) is 15.2. The molecular formula is C18H15F3IN5O3. The standard InChI is InChI=1S/C16H14IN5O.C2HF3O2/c17-15-8-13(7-11-9-19-6-5-14(11)15)20-16(23)10-1-3-12(4-2-10)21-22-18;3-2(4,5)1(6)7/h1-4,7-8,19H,5-6,9H2,(H,20,23);(H,6,7). The summed E-state index contributed by atoms with van der Waals surface area (Å²) < 4.78 is 32.9. The molecule has 1 heterocycles. The van der Waals surface area contributed by atoms with Crippen LogP contribution in [0.25, 0.3) is 10.4 Å². The summed E-state index contributed by atoms with van der Waals surface area (Å²) in [6.45, 7) is 1.82. The summed E-state index contributed by atoms with van der Waals surface area (Å²) in [7, 11) is 0. The van der Waals surface area contributed by atoms with Gasteiger partial charge in [-0.15, -0.1) is 0 Å². The molecule has 0 fully saturated rings. The minimum atomic E-state index is -5.08. The molecule has 0 saturated heterocycles. The number of carboxylic acid groups (broad SMARTS) is 1. The van der Waals surface area contributed by atoms with E-state index in [0.717, 1.165) is 25.2 Å². The fraction of sp³-hybridized carbons (Fsp3) is 0.222. The number of azide groups is 1. The van der Waals surface area contributed by atoms with E-state index in [-0.39, 0.29) is 5.91 Å². The Bertz CT molecular complexity index is 990. The van der Waals surface area contributed by atoms with Gasteiger partial charge in [-0.25, -0.2) is 4.79 Å². The molecule has 1 aliphatic heterocycles. The van der Waals surface area contributed by atoms with Crippen LogP contribution in [-0.4, -0.2) is 29.7 Å². The van der Waals surface area contributed by atoms with E-state index in [9.17, 15) is 18.0 Å². The molecule has 0 aliphatic carbocycles. The highest BCUT2D eigenvalue weighted by Crippen LogP contribution is 2.26. The van der Waals surface area contributed by atoms with Crippen LogP contribution in [0.2, 0.25) is 0 Å². The van der Waals surface area contributed by atoms with Crippen LogP contribution in [0.3, 0.4) is 0 Å². The van der Waals surface area contributed by atoms with Gasteiger partial charge in [0.15, 0.2) is 0 Å². The molecule has 0 unspecified atom stereocenters. The van der Waals surface area contributed by atoms with Crippen LogP contribution in [0, 0.1) is 3.57 Å². The lowest BCUT2D eigenvalue weighted by molar-refractivity contribution is -0.192. The first-order valence-electron chi connectivity index (χ1n) is 8.40. The van der Waals surface area contributed by atoms with E-state index < -0.39 is 12.1 Å². The van der Waals surface area contributed by atoms with Gasteiger partial charge in [-0.2, -0.15) is 13.2 Å². The number of aliphatic carboxylic acids is 1. The Hall–Kier alpha value is -2.83. The van der Waals surface area contributed by atoms with Gasteiger partial charge in [0.1, 0.15) is 0 Å². The number of carbonyl (C=O) groups excluding carboxylic acids is 1. The van der Waals surface area contributed by atoms with Crippen molar-refractivity contribution in [3.63, 3.8) is 0 Å². The summed E-state index contributed by atoms with van der Waals surface area (Å²) in [5.41, 5.74) is 12.8. The maximum Gasteiger partial charge on any atom is 0.490 e. The van der Waals surface area contributed by atoms with Crippen LogP contribution >= 0.6 is 22.6 Å². The Morgan fingerprint density at radius 2 is 1.87 bits per heavy atom. The van der Waals surface area contributed by atoms with E-state index in [4.69, 9.17) is 15.4 Å². The number of benzene rings is 2. The fourth-order valence-electron chi connectivity index (χ4n) is 2.57. The van der Waals surface area contributed by atoms with Crippen molar-refractivity contribution in [2.75, 3.05) is 11.9 Å². The lowest BCUT2D eigenvalue weighted by atomic mass is 10.0. The van der Waals surface area contributed by atoms with Crippen LogP contribution in [0.1, 0.15) is 21.5 Å². The quantitative estimate of drug-likeness (QED) is 0.228. The average Bonchev–Trinajstić information content (AvgIpc) is 2.68. The second kappa shape index (κ2) is 10.3. The van der Waals surface area contributed by atoms with E-state index in [1.807, 2.05) is 12.1 Å². The maximum absolute atomic E-state index is 12.3. The predicted molar refractivity (Wildman–Crippen MR) is 111 cm³/mol. The van der Waals surface area contributed by atoms with Crippen molar-refractivity contribution in [3.05, 3.63) is 67.1 Å². The highest BCUT2D eigenvalue weighted by atomic mass is 127. The molecular weight excluding hydrogens is 518 g/mol. The van der Waals surface area contributed by atoms with Crippen LogP contribution in [-0.2, 0) is 17.8 Å². The summed E-state index contributed by atoms with van der Waals surface area (Å²) in [6, 6.07) is 10.5. The zero-order chi connectivity index (χ0) is 22.3. The Morgan fingerprint density at radius 1 is 1.23 bits per heavy atom. The van der Waals surface area contributed by atoms with Gasteiger partial charge in [0.05, 0.1) is 0 Å². The largest absolute Gasteiger partial charge is 0.490 e.